The van der Waals surface area contributed by atoms with Crippen LogP contribution in [0.5, 0.6) is 0 Å². The van der Waals surface area contributed by atoms with E-state index in [9.17, 15) is 4.79 Å². The van der Waals surface area contributed by atoms with Crippen molar-refractivity contribution in [2.45, 2.75) is 52.6 Å². The lowest BCUT2D eigenvalue weighted by atomic mass is 10.0. The third-order valence-corrected chi connectivity index (χ3v) is 5.98. The molecule has 0 spiro atoms. The molecular formula is C22H26N6O. The standard InChI is InChI=1S/C22H26N6O/c1-14-6-7-20-24-15(2)19(28(20)11-14)13-27-10-8-17-16(12-27)22(29)26-21(25-17)18-5-3-4-9-23-18/h6-7,11H,3-5,8-10,12-13H2,1-2H3,(H,25,26,29). The molecule has 0 aromatic carbocycles. The van der Waals surface area contributed by atoms with Gasteiger partial charge in [-0.3, -0.25) is 14.7 Å². The van der Waals surface area contributed by atoms with Crippen LogP contribution < -0.4 is 5.56 Å². The predicted octanol–water partition coefficient (Wildman–Crippen LogP) is 2.57. The average Bonchev–Trinajstić information content (AvgIpc) is 3.03. The van der Waals surface area contributed by atoms with E-state index < -0.39 is 0 Å². The predicted molar refractivity (Wildman–Crippen MR) is 113 cm³/mol. The normalized spacial score (nSPS) is 17.4. The van der Waals surface area contributed by atoms with Gasteiger partial charge in [-0.25, -0.2) is 9.97 Å². The highest BCUT2D eigenvalue weighted by Crippen LogP contribution is 2.20. The van der Waals surface area contributed by atoms with Gasteiger partial charge >= 0.3 is 0 Å². The van der Waals surface area contributed by atoms with Gasteiger partial charge in [-0.05, 0) is 44.7 Å². The van der Waals surface area contributed by atoms with Crippen molar-refractivity contribution in [2.24, 2.45) is 4.99 Å². The highest BCUT2D eigenvalue weighted by Gasteiger charge is 2.24. The number of rotatable bonds is 3. The first-order valence-electron chi connectivity index (χ1n) is 10.4. The smallest absolute Gasteiger partial charge is 0.255 e. The summed E-state index contributed by atoms with van der Waals surface area (Å²) in [6.07, 6.45) is 6.06. The lowest BCUT2D eigenvalue weighted by Gasteiger charge is -2.28. The van der Waals surface area contributed by atoms with Crippen LogP contribution in [-0.4, -0.2) is 43.1 Å². The van der Waals surface area contributed by atoms with E-state index in [1.165, 1.54) is 11.3 Å². The maximum absolute atomic E-state index is 12.8. The van der Waals surface area contributed by atoms with Gasteiger partial charge in [-0.1, -0.05) is 6.07 Å². The Morgan fingerprint density at radius 3 is 2.86 bits per heavy atom. The van der Waals surface area contributed by atoms with E-state index in [0.717, 1.165) is 73.6 Å². The van der Waals surface area contributed by atoms with Crippen LogP contribution in [0.15, 0.2) is 28.1 Å². The van der Waals surface area contributed by atoms with Gasteiger partial charge in [-0.2, -0.15) is 0 Å². The first-order chi connectivity index (χ1) is 14.1. The van der Waals surface area contributed by atoms with E-state index in [0.29, 0.717) is 12.4 Å². The van der Waals surface area contributed by atoms with Crippen molar-refractivity contribution in [3.8, 4) is 0 Å². The van der Waals surface area contributed by atoms with Gasteiger partial charge in [0.05, 0.1) is 28.4 Å². The molecule has 5 rings (SSSR count). The van der Waals surface area contributed by atoms with E-state index in [2.05, 4.69) is 56.4 Å². The minimum absolute atomic E-state index is 0.0197. The summed E-state index contributed by atoms with van der Waals surface area (Å²) in [5, 5.41) is 0. The van der Waals surface area contributed by atoms with Crippen LogP contribution in [0.3, 0.4) is 0 Å². The summed E-state index contributed by atoms with van der Waals surface area (Å²) in [6, 6.07) is 4.14. The van der Waals surface area contributed by atoms with Crippen LogP contribution in [0.1, 0.15) is 53.3 Å². The second-order valence-corrected chi connectivity index (χ2v) is 8.16. The molecule has 0 unspecified atom stereocenters. The van der Waals surface area contributed by atoms with Crippen molar-refractivity contribution >= 4 is 11.4 Å². The number of nitrogens with zero attached hydrogens (tertiary/aromatic N) is 5. The number of aliphatic imine (C=N–C) groups is 1. The van der Waals surface area contributed by atoms with Crippen molar-refractivity contribution in [1.82, 2.24) is 24.3 Å². The maximum Gasteiger partial charge on any atom is 0.255 e. The Balaban J connectivity index is 1.42. The zero-order chi connectivity index (χ0) is 20.0. The summed E-state index contributed by atoms with van der Waals surface area (Å²) in [6.45, 7) is 7.25. The summed E-state index contributed by atoms with van der Waals surface area (Å²) >= 11 is 0. The molecule has 3 aromatic rings. The molecule has 7 heteroatoms. The summed E-state index contributed by atoms with van der Waals surface area (Å²) in [5.74, 6) is 0.676. The topological polar surface area (TPSA) is 78.7 Å². The highest BCUT2D eigenvalue weighted by molar-refractivity contribution is 5.97. The fourth-order valence-electron chi connectivity index (χ4n) is 4.36. The Hall–Kier alpha value is -2.80. The molecule has 3 aromatic heterocycles. The molecule has 2 aliphatic rings. The van der Waals surface area contributed by atoms with Crippen LogP contribution in [0, 0.1) is 13.8 Å². The number of aromatic amines is 1. The van der Waals surface area contributed by atoms with Crippen LogP contribution in [0.4, 0.5) is 0 Å². The molecule has 0 aliphatic carbocycles. The van der Waals surface area contributed by atoms with Crippen LogP contribution in [0.2, 0.25) is 0 Å². The minimum atomic E-state index is -0.0197. The third-order valence-electron chi connectivity index (χ3n) is 5.98. The molecule has 0 amide bonds. The monoisotopic (exact) mass is 390 g/mol. The summed E-state index contributed by atoms with van der Waals surface area (Å²) in [5.41, 5.74) is 7.06. The zero-order valence-corrected chi connectivity index (χ0v) is 17.0. The lowest BCUT2D eigenvalue weighted by molar-refractivity contribution is 0.237. The number of H-pyrrole nitrogens is 1. The van der Waals surface area contributed by atoms with Gasteiger partial charge in [0.15, 0.2) is 5.82 Å². The Morgan fingerprint density at radius 1 is 1.14 bits per heavy atom. The SMILES string of the molecule is Cc1ccc2nc(C)c(CN3CCc4nc(C5=NCCCC5)[nH]c(=O)c4C3)n2c1. The Labute approximate surface area is 169 Å². The number of nitrogens with one attached hydrogen (secondary N) is 1. The Morgan fingerprint density at radius 2 is 2.03 bits per heavy atom. The lowest BCUT2D eigenvalue weighted by Crippen LogP contribution is -2.36. The fourth-order valence-corrected chi connectivity index (χ4v) is 4.36. The Kier molecular flexibility index (Phi) is 4.54. The third kappa shape index (κ3) is 3.40. The summed E-state index contributed by atoms with van der Waals surface area (Å²) in [4.78, 5) is 32.1. The second-order valence-electron chi connectivity index (χ2n) is 8.16. The fraction of sp³-hybridized carbons (Fsp3) is 0.455. The van der Waals surface area contributed by atoms with Gasteiger partial charge in [0, 0.05) is 38.8 Å². The second kappa shape index (κ2) is 7.22. The van der Waals surface area contributed by atoms with Crippen LogP contribution >= 0.6 is 0 Å². The van der Waals surface area contributed by atoms with Crippen molar-refractivity contribution in [1.29, 1.82) is 0 Å². The number of aromatic nitrogens is 4. The van der Waals surface area contributed by atoms with Gasteiger partial charge < -0.3 is 9.38 Å². The summed E-state index contributed by atoms with van der Waals surface area (Å²) < 4.78 is 2.17. The van der Waals surface area contributed by atoms with Crippen molar-refractivity contribution in [3.05, 3.63) is 62.7 Å². The minimum Gasteiger partial charge on any atom is -0.305 e. The molecule has 0 saturated heterocycles. The molecular weight excluding hydrogens is 364 g/mol. The van der Waals surface area contributed by atoms with E-state index >= 15 is 0 Å². The molecule has 29 heavy (non-hydrogen) atoms. The molecule has 150 valence electrons. The van der Waals surface area contributed by atoms with E-state index in [-0.39, 0.29) is 5.56 Å². The van der Waals surface area contributed by atoms with Gasteiger partial charge in [-0.15, -0.1) is 0 Å². The molecule has 0 saturated carbocycles. The van der Waals surface area contributed by atoms with Gasteiger partial charge in [0.1, 0.15) is 5.65 Å². The molecule has 0 atom stereocenters. The number of imidazole rings is 1. The molecule has 0 bridgehead atoms. The average molecular weight is 390 g/mol. The van der Waals surface area contributed by atoms with E-state index in [1.54, 1.807) is 0 Å². The Bertz CT molecular complexity index is 1170. The number of hydrogen-bond acceptors (Lipinski definition) is 5. The molecule has 0 fully saturated rings. The number of fused-ring (bicyclic) bond motifs is 2. The zero-order valence-electron chi connectivity index (χ0n) is 17.0. The number of hydrogen-bond donors (Lipinski definition) is 1. The van der Waals surface area contributed by atoms with E-state index in [4.69, 9.17) is 4.98 Å². The molecule has 5 heterocycles. The quantitative estimate of drug-likeness (QED) is 0.746. The molecule has 0 radical (unpaired) electrons. The number of aryl methyl sites for hydroxylation is 2. The first kappa shape index (κ1) is 18.2. The van der Waals surface area contributed by atoms with Crippen molar-refractivity contribution in [2.75, 3.05) is 13.1 Å². The molecule has 7 nitrogen and oxygen atoms in total. The van der Waals surface area contributed by atoms with Crippen LogP contribution in [0.25, 0.3) is 5.65 Å². The van der Waals surface area contributed by atoms with Crippen molar-refractivity contribution in [3.63, 3.8) is 0 Å². The molecule has 1 N–H and O–H groups in total. The van der Waals surface area contributed by atoms with Gasteiger partial charge in [0.25, 0.3) is 5.56 Å². The van der Waals surface area contributed by atoms with Crippen molar-refractivity contribution < 1.29 is 0 Å². The maximum atomic E-state index is 12.8. The first-order valence-corrected chi connectivity index (χ1v) is 10.4. The van der Waals surface area contributed by atoms with Crippen LogP contribution in [-0.2, 0) is 19.5 Å². The largest absolute Gasteiger partial charge is 0.305 e. The van der Waals surface area contributed by atoms with Gasteiger partial charge in [0.2, 0.25) is 0 Å². The van der Waals surface area contributed by atoms with E-state index in [1.807, 2.05) is 0 Å². The summed E-state index contributed by atoms with van der Waals surface area (Å²) in [7, 11) is 0. The highest BCUT2D eigenvalue weighted by atomic mass is 16.1. The number of pyridine rings is 1. The molecule has 2 aliphatic heterocycles.